The van der Waals surface area contributed by atoms with E-state index in [4.69, 9.17) is 5.73 Å². The van der Waals surface area contributed by atoms with Crippen molar-refractivity contribution in [2.75, 3.05) is 0 Å². The maximum absolute atomic E-state index is 5.78. The Morgan fingerprint density at radius 2 is 2.25 bits per heavy atom. The Hall–Kier alpha value is -1.09. The second-order valence-electron chi connectivity index (χ2n) is 2.51. The van der Waals surface area contributed by atoms with E-state index in [0.29, 0.717) is 0 Å². The maximum Gasteiger partial charge on any atom is 0.0904 e. The summed E-state index contributed by atoms with van der Waals surface area (Å²) in [4.78, 5) is 5.33. The molecule has 1 heterocycles. The van der Waals surface area contributed by atoms with Crippen molar-refractivity contribution in [3.8, 4) is 0 Å². The van der Waals surface area contributed by atoms with Crippen LogP contribution in [0, 0.1) is 13.8 Å². The Kier molecular flexibility index (Phi) is 2.65. The fourth-order valence-corrected chi connectivity index (χ4v) is 1.86. The van der Waals surface area contributed by atoms with E-state index in [1.54, 1.807) is 23.5 Å². The summed E-state index contributed by atoms with van der Waals surface area (Å²) in [5.41, 5.74) is 7.52. The van der Waals surface area contributed by atoms with Crippen molar-refractivity contribution in [1.82, 2.24) is 4.98 Å². The maximum atomic E-state index is 5.78. The number of allylic oxidation sites excluding steroid dienone is 2. The van der Waals surface area contributed by atoms with E-state index in [9.17, 15) is 0 Å². The van der Waals surface area contributed by atoms with Crippen LogP contribution in [0.15, 0.2) is 18.7 Å². The zero-order valence-electron chi connectivity index (χ0n) is 7.29. The molecular formula is C9H12N2S. The van der Waals surface area contributed by atoms with Gasteiger partial charge in [-0.1, -0.05) is 12.7 Å². The van der Waals surface area contributed by atoms with Crippen LogP contribution in [0.2, 0.25) is 0 Å². The normalized spacial score (nSPS) is 11.7. The highest BCUT2D eigenvalue weighted by Gasteiger charge is 2.05. The molecule has 64 valence electrons. The Morgan fingerprint density at radius 3 is 2.67 bits per heavy atom. The summed E-state index contributed by atoms with van der Waals surface area (Å²) in [6, 6.07) is 0. The molecule has 0 spiro atoms. The first-order valence-electron chi connectivity index (χ1n) is 3.67. The Morgan fingerprint density at radius 1 is 1.58 bits per heavy atom. The second-order valence-corrected chi connectivity index (χ2v) is 3.71. The van der Waals surface area contributed by atoms with Crippen LogP contribution in [0.25, 0.3) is 5.70 Å². The predicted octanol–water partition coefficient (Wildman–Crippen LogP) is 2.25. The fourth-order valence-electron chi connectivity index (χ4n) is 1.00. The van der Waals surface area contributed by atoms with Gasteiger partial charge in [0.05, 0.1) is 21.3 Å². The molecule has 0 aliphatic rings. The number of nitrogens with two attached hydrogens (primary N) is 1. The zero-order chi connectivity index (χ0) is 9.14. The summed E-state index contributed by atoms with van der Waals surface area (Å²) in [5, 5.41) is 1.04. The van der Waals surface area contributed by atoms with Crippen molar-refractivity contribution in [3.05, 3.63) is 34.3 Å². The van der Waals surface area contributed by atoms with Gasteiger partial charge in [-0.25, -0.2) is 4.98 Å². The first-order valence-corrected chi connectivity index (χ1v) is 4.49. The summed E-state index contributed by atoms with van der Waals surface area (Å²) >= 11 is 1.61. The quantitative estimate of drug-likeness (QED) is 0.709. The van der Waals surface area contributed by atoms with E-state index in [2.05, 4.69) is 11.6 Å². The van der Waals surface area contributed by atoms with E-state index in [1.165, 1.54) is 0 Å². The fraction of sp³-hybridized carbons (Fsp3) is 0.222. The summed E-state index contributed by atoms with van der Waals surface area (Å²) in [5.74, 6) is 0. The van der Waals surface area contributed by atoms with Crippen molar-refractivity contribution in [1.29, 1.82) is 0 Å². The number of rotatable bonds is 2. The van der Waals surface area contributed by atoms with Gasteiger partial charge in [-0.15, -0.1) is 11.3 Å². The Balaban J connectivity index is 3.10. The molecule has 0 aromatic carbocycles. The van der Waals surface area contributed by atoms with Gasteiger partial charge in [-0.3, -0.25) is 0 Å². The second kappa shape index (κ2) is 3.54. The first-order chi connectivity index (χ1) is 5.65. The van der Waals surface area contributed by atoms with Gasteiger partial charge in [-0.05, 0) is 19.9 Å². The highest BCUT2D eigenvalue weighted by atomic mass is 32.1. The number of thiazole rings is 1. The van der Waals surface area contributed by atoms with Crippen LogP contribution in [0.5, 0.6) is 0 Å². The molecule has 2 N–H and O–H groups in total. The molecular weight excluding hydrogens is 168 g/mol. The minimum Gasteiger partial charge on any atom is -0.398 e. The molecule has 1 aromatic rings. The van der Waals surface area contributed by atoms with E-state index in [-0.39, 0.29) is 0 Å². The van der Waals surface area contributed by atoms with Gasteiger partial charge in [0.1, 0.15) is 0 Å². The standard InChI is InChI=1S/C9H12N2S/c1-4-5-8(10)9-6(2)11-7(3)12-9/h4-5H,1,10H2,2-3H3/b8-5-. The topological polar surface area (TPSA) is 38.9 Å². The minimum absolute atomic E-state index is 0.744. The molecule has 12 heavy (non-hydrogen) atoms. The summed E-state index contributed by atoms with van der Waals surface area (Å²) < 4.78 is 0. The van der Waals surface area contributed by atoms with Crippen LogP contribution >= 0.6 is 11.3 Å². The SMILES string of the molecule is C=C/C=C(\N)c1sc(C)nc1C. The molecule has 0 fully saturated rings. The average molecular weight is 180 g/mol. The highest BCUT2D eigenvalue weighted by molar-refractivity contribution is 7.12. The van der Waals surface area contributed by atoms with E-state index in [1.807, 2.05) is 13.8 Å². The molecule has 0 amide bonds. The molecule has 0 unspecified atom stereocenters. The number of hydrogen-bond acceptors (Lipinski definition) is 3. The van der Waals surface area contributed by atoms with Crippen molar-refractivity contribution < 1.29 is 0 Å². The van der Waals surface area contributed by atoms with E-state index in [0.717, 1.165) is 21.3 Å². The third-order valence-corrected chi connectivity index (χ3v) is 2.59. The third kappa shape index (κ3) is 1.74. The van der Waals surface area contributed by atoms with Gasteiger partial charge in [0.15, 0.2) is 0 Å². The lowest BCUT2D eigenvalue weighted by atomic mass is 10.3. The lowest BCUT2D eigenvalue weighted by Gasteiger charge is -1.95. The largest absolute Gasteiger partial charge is 0.398 e. The van der Waals surface area contributed by atoms with Crippen molar-refractivity contribution >= 4 is 17.0 Å². The molecule has 1 aromatic heterocycles. The van der Waals surface area contributed by atoms with Crippen LogP contribution in [0.1, 0.15) is 15.6 Å². The van der Waals surface area contributed by atoms with Crippen LogP contribution in [0.3, 0.4) is 0 Å². The Labute approximate surface area is 76.4 Å². The minimum atomic E-state index is 0.744. The number of aryl methyl sites for hydroxylation is 2. The summed E-state index contributed by atoms with van der Waals surface area (Å²) in [7, 11) is 0. The monoisotopic (exact) mass is 180 g/mol. The van der Waals surface area contributed by atoms with Crippen LogP contribution in [0.4, 0.5) is 0 Å². The molecule has 0 atom stereocenters. The lowest BCUT2D eigenvalue weighted by Crippen LogP contribution is -1.94. The molecule has 1 rings (SSSR count). The van der Waals surface area contributed by atoms with Crippen molar-refractivity contribution in [2.24, 2.45) is 5.73 Å². The van der Waals surface area contributed by atoms with E-state index >= 15 is 0 Å². The molecule has 3 heteroatoms. The van der Waals surface area contributed by atoms with Crippen molar-refractivity contribution in [2.45, 2.75) is 13.8 Å². The number of aromatic nitrogens is 1. The van der Waals surface area contributed by atoms with Crippen LogP contribution in [-0.2, 0) is 0 Å². The van der Waals surface area contributed by atoms with Crippen LogP contribution in [-0.4, -0.2) is 4.98 Å². The molecule has 0 aliphatic carbocycles. The predicted molar refractivity (Wildman–Crippen MR) is 53.9 cm³/mol. The van der Waals surface area contributed by atoms with E-state index < -0.39 is 0 Å². The highest BCUT2D eigenvalue weighted by Crippen LogP contribution is 2.22. The van der Waals surface area contributed by atoms with Gasteiger partial charge in [0, 0.05) is 0 Å². The Bertz CT molecular complexity index is 323. The van der Waals surface area contributed by atoms with Gasteiger partial charge in [-0.2, -0.15) is 0 Å². The smallest absolute Gasteiger partial charge is 0.0904 e. The lowest BCUT2D eigenvalue weighted by molar-refractivity contribution is 1.19. The van der Waals surface area contributed by atoms with Crippen molar-refractivity contribution in [3.63, 3.8) is 0 Å². The number of hydrogen-bond donors (Lipinski definition) is 1. The molecule has 0 radical (unpaired) electrons. The average Bonchev–Trinajstić information content (AvgIpc) is 2.30. The summed E-state index contributed by atoms with van der Waals surface area (Å²) in [6.07, 6.45) is 3.48. The molecule has 0 aliphatic heterocycles. The van der Waals surface area contributed by atoms with Gasteiger partial charge in [0.2, 0.25) is 0 Å². The first kappa shape index (κ1) is 9.00. The molecule has 0 saturated heterocycles. The zero-order valence-corrected chi connectivity index (χ0v) is 8.11. The molecule has 0 bridgehead atoms. The molecule has 0 saturated carbocycles. The summed E-state index contributed by atoms with van der Waals surface area (Å²) in [6.45, 7) is 7.53. The third-order valence-electron chi connectivity index (χ3n) is 1.46. The van der Waals surface area contributed by atoms with Crippen LogP contribution < -0.4 is 5.73 Å². The van der Waals surface area contributed by atoms with Gasteiger partial charge in [0.25, 0.3) is 0 Å². The molecule has 2 nitrogen and oxygen atoms in total. The number of nitrogens with zero attached hydrogens (tertiary/aromatic N) is 1. The van der Waals surface area contributed by atoms with Gasteiger partial charge < -0.3 is 5.73 Å². The van der Waals surface area contributed by atoms with Gasteiger partial charge >= 0.3 is 0 Å².